The van der Waals surface area contributed by atoms with Crippen LogP contribution in [0.5, 0.6) is 0 Å². The van der Waals surface area contributed by atoms with Gasteiger partial charge in [0.2, 0.25) is 5.91 Å². The number of benzene rings is 3. The quantitative estimate of drug-likeness (QED) is 0.249. The van der Waals surface area contributed by atoms with Gasteiger partial charge >= 0.3 is 5.69 Å². The second-order valence-corrected chi connectivity index (χ2v) is 11.6. The van der Waals surface area contributed by atoms with Gasteiger partial charge in [0.05, 0.1) is 22.9 Å². The van der Waals surface area contributed by atoms with E-state index in [1.807, 2.05) is 62.5 Å². The molecule has 0 spiro atoms. The molecule has 1 atom stereocenters. The number of halogens is 1. The van der Waals surface area contributed by atoms with Gasteiger partial charge in [0.15, 0.2) is 0 Å². The third-order valence-corrected chi connectivity index (χ3v) is 8.56. The fraction of sp³-hybridized carbons (Fsp3) is 0.273. The van der Waals surface area contributed by atoms with Gasteiger partial charge in [0.1, 0.15) is 5.82 Å². The highest BCUT2D eigenvalue weighted by molar-refractivity contribution is 6.35. The van der Waals surface area contributed by atoms with Gasteiger partial charge in [-0.25, -0.2) is 4.79 Å². The number of anilines is 1. The van der Waals surface area contributed by atoms with E-state index >= 15 is 0 Å². The van der Waals surface area contributed by atoms with Crippen LogP contribution in [0.4, 0.5) is 5.82 Å². The summed E-state index contributed by atoms with van der Waals surface area (Å²) in [5.74, 6) is 0.654. The number of aromatic nitrogens is 4. The van der Waals surface area contributed by atoms with Crippen LogP contribution in [0.25, 0.3) is 38.6 Å². The Morgan fingerprint density at radius 1 is 1.14 bits per heavy atom. The van der Waals surface area contributed by atoms with Crippen molar-refractivity contribution in [3.05, 3.63) is 94.0 Å². The van der Waals surface area contributed by atoms with Gasteiger partial charge in [-0.2, -0.15) is 10.1 Å². The Kier molecular flexibility index (Phi) is 7.10. The van der Waals surface area contributed by atoms with E-state index in [1.165, 1.54) is 6.08 Å². The van der Waals surface area contributed by atoms with E-state index in [0.29, 0.717) is 36.0 Å². The number of aromatic amines is 1. The molecule has 1 amide bonds. The molecule has 6 rings (SSSR count). The number of carbonyl (C=O) groups excluding carboxylic acids is 1. The molecular weight excluding hydrogens is 548 g/mol. The van der Waals surface area contributed by atoms with E-state index in [0.717, 1.165) is 44.2 Å². The average Bonchev–Trinajstić information content (AvgIpc) is 3.45. The fourth-order valence-corrected chi connectivity index (χ4v) is 6.40. The maximum atomic E-state index is 14.1. The number of para-hydroxylation sites is 1. The first kappa shape index (κ1) is 27.7. The van der Waals surface area contributed by atoms with Crippen LogP contribution in [0.1, 0.15) is 37.8 Å². The second kappa shape index (κ2) is 10.8. The van der Waals surface area contributed by atoms with Crippen molar-refractivity contribution >= 4 is 45.1 Å². The number of H-pyrrole nitrogens is 1. The maximum absolute atomic E-state index is 14.1. The van der Waals surface area contributed by atoms with E-state index in [-0.39, 0.29) is 23.6 Å². The maximum Gasteiger partial charge on any atom is 0.354 e. The Labute approximate surface area is 249 Å². The summed E-state index contributed by atoms with van der Waals surface area (Å²) in [5.41, 5.74) is 5.93. The third-order valence-electron chi connectivity index (χ3n) is 8.25. The fourth-order valence-electron chi connectivity index (χ4n) is 6.14. The smallest absolute Gasteiger partial charge is 0.350 e. The molecule has 0 aliphatic carbocycles. The van der Waals surface area contributed by atoms with E-state index in [2.05, 4.69) is 46.6 Å². The summed E-state index contributed by atoms with van der Waals surface area (Å²) < 4.78 is 1.71. The predicted octanol–water partition coefficient (Wildman–Crippen LogP) is 6.24. The second-order valence-electron chi connectivity index (χ2n) is 11.2. The molecule has 1 saturated heterocycles. The van der Waals surface area contributed by atoms with Crippen LogP contribution in [0, 0.1) is 6.92 Å². The lowest BCUT2D eigenvalue weighted by atomic mass is 9.95. The summed E-state index contributed by atoms with van der Waals surface area (Å²) in [5, 5.41) is 9.60. The number of amides is 1. The number of aryl methyl sites for hydroxylation is 1. The van der Waals surface area contributed by atoms with Crippen LogP contribution < -0.4 is 10.6 Å². The Hall–Kier alpha value is -4.43. The number of carbonyl (C=O) groups is 1. The molecule has 0 bridgehead atoms. The number of fused-ring (bicyclic) bond motifs is 2. The minimum atomic E-state index is -0.367. The number of hydrogen-bond donors (Lipinski definition) is 1. The largest absolute Gasteiger partial charge is 0.354 e. The first-order valence-electron chi connectivity index (χ1n) is 14.2. The molecular formula is C33H33ClN6O2. The van der Waals surface area contributed by atoms with E-state index < -0.39 is 0 Å². The molecule has 1 N–H and O–H groups in total. The number of nitrogens with zero attached hydrogens (tertiary/aromatic N) is 5. The lowest BCUT2D eigenvalue weighted by Gasteiger charge is -2.40. The van der Waals surface area contributed by atoms with Gasteiger partial charge in [0, 0.05) is 47.0 Å². The van der Waals surface area contributed by atoms with Crippen molar-refractivity contribution in [1.29, 1.82) is 0 Å². The SMILES string of the molecule is C=CC(=O)N1CCN(c2nc(=O)n(-c3ccccc3C(C)C)c3cc(-c4c(C)ccc5[nH]ncc45)c(Cl)cc23)[C@@H](C)C1. The molecule has 1 aliphatic rings. The van der Waals surface area contributed by atoms with Crippen LogP contribution in [-0.4, -0.2) is 56.2 Å². The van der Waals surface area contributed by atoms with Crippen molar-refractivity contribution in [2.24, 2.45) is 0 Å². The van der Waals surface area contributed by atoms with Crippen LogP contribution in [0.2, 0.25) is 5.02 Å². The molecule has 2 aromatic heterocycles. The molecule has 1 aliphatic heterocycles. The van der Waals surface area contributed by atoms with E-state index in [9.17, 15) is 9.59 Å². The van der Waals surface area contributed by atoms with Crippen LogP contribution >= 0.6 is 11.6 Å². The van der Waals surface area contributed by atoms with Crippen molar-refractivity contribution in [3.8, 4) is 16.8 Å². The summed E-state index contributed by atoms with van der Waals surface area (Å²) in [6, 6.07) is 15.9. The van der Waals surface area contributed by atoms with Gasteiger partial charge in [0.25, 0.3) is 0 Å². The molecule has 8 nitrogen and oxygen atoms in total. The van der Waals surface area contributed by atoms with Crippen LogP contribution in [0.3, 0.4) is 0 Å². The summed E-state index contributed by atoms with van der Waals surface area (Å²) in [7, 11) is 0. The van der Waals surface area contributed by atoms with Crippen molar-refractivity contribution in [2.75, 3.05) is 24.5 Å². The van der Waals surface area contributed by atoms with E-state index in [1.54, 1.807) is 9.47 Å². The van der Waals surface area contributed by atoms with Gasteiger partial charge in [-0.15, -0.1) is 0 Å². The predicted molar refractivity (Wildman–Crippen MR) is 170 cm³/mol. The normalized spacial score (nSPS) is 15.6. The number of hydrogen-bond acceptors (Lipinski definition) is 5. The number of nitrogens with one attached hydrogen (secondary N) is 1. The average molecular weight is 581 g/mol. The van der Waals surface area contributed by atoms with Crippen molar-refractivity contribution in [2.45, 2.75) is 39.7 Å². The first-order valence-corrected chi connectivity index (χ1v) is 14.5. The number of rotatable bonds is 5. The third kappa shape index (κ3) is 4.56. The Bertz CT molecular complexity index is 1920. The molecule has 0 unspecified atom stereocenters. The molecule has 42 heavy (non-hydrogen) atoms. The van der Waals surface area contributed by atoms with Crippen LogP contribution in [0.15, 0.2) is 72.2 Å². The van der Waals surface area contributed by atoms with Crippen LogP contribution in [-0.2, 0) is 4.79 Å². The highest BCUT2D eigenvalue weighted by Crippen LogP contribution is 2.40. The van der Waals surface area contributed by atoms with Crippen molar-refractivity contribution < 1.29 is 4.79 Å². The van der Waals surface area contributed by atoms with Gasteiger partial charge < -0.3 is 9.80 Å². The summed E-state index contributed by atoms with van der Waals surface area (Å²) >= 11 is 7.10. The van der Waals surface area contributed by atoms with E-state index in [4.69, 9.17) is 11.6 Å². The molecule has 3 aromatic carbocycles. The Balaban J connectivity index is 1.64. The lowest BCUT2D eigenvalue weighted by molar-refractivity contribution is -0.126. The zero-order chi connectivity index (χ0) is 29.7. The molecule has 0 radical (unpaired) electrons. The first-order chi connectivity index (χ1) is 20.2. The molecule has 9 heteroatoms. The highest BCUT2D eigenvalue weighted by Gasteiger charge is 2.30. The summed E-state index contributed by atoms with van der Waals surface area (Å²) in [6.45, 7) is 13.5. The summed E-state index contributed by atoms with van der Waals surface area (Å²) in [4.78, 5) is 35.0. The minimum absolute atomic E-state index is 0.0723. The van der Waals surface area contributed by atoms with Crippen molar-refractivity contribution in [3.63, 3.8) is 0 Å². The zero-order valence-electron chi connectivity index (χ0n) is 24.2. The number of piperazine rings is 1. The summed E-state index contributed by atoms with van der Waals surface area (Å²) in [6.07, 6.45) is 3.15. The van der Waals surface area contributed by atoms with Crippen molar-refractivity contribution in [1.82, 2.24) is 24.6 Å². The van der Waals surface area contributed by atoms with Gasteiger partial charge in [-0.3, -0.25) is 14.5 Å². The molecule has 1 fully saturated rings. The molecule has 0 saturated carbocycles. The van der Waals surface area contributed by atoms with Gasteiger partial charge in [-0.1, -0.05) is 56.3 Å². The molecule has 214 valence electrons. The van der Waals surface area contributed by atoms with Gasteiger partial charge in [-0.05, 0) is 66.8 Å². The Morgan fingerprint density at radius 3 is 2.67 bits per heavy atom. The lowest BCUT2D eigenvalue weighted by Crippen LogP contribution is -2.54. The minimum Gasteiger partial charge on any atom is -0.350 e. The Morgan fingerprint density at radius 2 is 1.93 bits per heavy atom. The monoisotopic (exact) mass is 580 g/mol. The molecule has 3 heterocycles. The topological polar surface area (TPSA) is 87.1 Å². The standard InChI is InChI=1S/C33H33ClN6O2/c1-6-30(41)38-13-14-39(21(5)18-38)32-24-15-26(34)23(31-20(4)11-12-27-25(31)17-35-37-27)16-29(24)40(33(42)36-32)28-10-8-7-9-22(28)19(2)3/h6-12,15-17,19,21H,1,13-14,18H2,2-5H3,(H,35,37)/t21-/m0/s1. The molecule has 5 aromatic rings. The zero-order valence-corrected chi connectivity index (χ0v) is 24.9. The highest BCUT2D eigenvalue weighted by atomic mass is 35.5.